The largest absolute Gasteiger partial charge is 0.261 e. The average Bonchev–Trinajstić information content (AvgIpc) is 2.73. The molecule has 148 valence electrons. The third-order valence-electron chi connectivity index (χ3n) is 5.42. The van der Waals surface area contributed by atoms with Gasteiger partial charge in [-0.3, -0.25) is 20.0 Å². The van der Waals surface area contributed by atoms with Crippen LogP contribution in [0.4, 0.5) is 11.4 Å². The Morgan fingerprint density at radius 1 is 0.828 bits per heavy atom. The number of pyridine rings is 2. The highest BCUT2D eigenvalue weighted by Crippen LogP contribution is 2.37. The molecule has 0 radical (unpaired) electrons. The first kappa shape index (κ1) is 20.6. The van der Waals surface area contributed by atoms with Crippen LogP contribution < -0.4 is 0 Å². The Morgan fingerprint density at radius 3 is 2.10 bits per heavy atom. The summed E-state index contributed by atoms with van der Waals surface area (Å²) in [6, 6.07) is 9.96. The third kappa shape index (κ3) is 4.48. The Bertz CT molecular complexity index is 1050. The second kappa shape index (κ2) is 8.91. The lowest BCUT2D eigenvalue weighted by atomic mass is 9.96. The van der Waals surface area contributed by atoms with Crippen LogP contribution in [0, 0.1) is 34.6 Å². The second-order valence-corrected chi connectivity index (χ2v) is 7.40. The van der Waals surface area contributed by atoms with Crippen molar-refractivity contribution in [1.29, 1.82) is 0 Å². The first-order valence-electron chi connectivity index (χ1n) is 9.90. The van der Waals surface area contributed by atoms with Crippen LogP contribution in [0.15, 0.2) is 52.7 Å². The van der Waals surface area contributed by atoms with Gasteiger partial charge in [0.1, 0.15) is 0 Å². The fourth-order valence-corrected chi connectivity index (χ4v) is 3.47. The van der Waals surface area contributed by atoms with Crippen LogP contribution in [-0.4, -0.2) is 21.9 Å². The molecule has 1 aromatic carbocycles. The smallest absolute Gasteiger partial charge is 0.0870 e. The fraction of sp³-hybridized carbons (Fsp3) is 0.280. The summed E-state index contributed by atoms with van der Waals surface area (Å²) in [6.45, 7) is 12.6. The molecule has 0 fully saturated rings. The van der Waals surface area contributed by atoms with Crippen LogP contribution in [0.3, 0.4) is 0 Å². The van der Waals surface area contributed by atoms with Crippen molar-refractivity contribution in [3.63, 3.8) is 0 Å². The molecule has 0 atom stereocenters. The number of aliphatic imine (C=N–C) groups is 2. The lowest BCUT2D eigenvalue weighted by Crippen LogP contribution is -2.02. The van der Waals surface area contributed by atoms with Gasteiger partial charge in [0.2, 0.25) is 0 Å². The van der Waals surface area contributed by atoms with Crippen LogP contribution in [0.5, 0.6) is 0 Å². The van der Waals surface area contributed by atoms with Crippen LogP contribution in [0.25, 0.3) is 0 Å². The van der Waals surface area contributed by atoms with E-state index < -0.39 is 0 Å². The van der Waals surface area contributed by atoms with Gasteiger partial charge < -0.3 is 0 Å². The fourth-order valence-electron chi connectivity index (χ4n) is 3.47. The second-order valence-electron chi connectivity index (χ2n) is 7.40. The van der Waals surface area contributed by atoms with Crippen molar-refractivity contribution >= 4 is 23.3 Å². The van der Waals surface area contributed by atoms with Gasteiger partial charge in [-0.2, -0.15) is 0 Å². The summed E-state index contributed by atoms with van der Waals surface area (Å²) in [5.74, 6) is 0. The van der Waals surface area contributed by atoms with Gasteiger partial charge in [-0.15, -0.1) is 0 Å². The maximum absolute atomic E-state index is 4.97. The van der Waals surface area contributed by atoms with Crippen molar-refractivity contribution < 1.29 is 0 Å². The summed E-state index contributed by atoms with van der Waals surface area (Å²) < 4.78 is 0. The maximum Gasteiger partial charge on any atom is 0.0870 e. The number of hydrogen-bond donors (Lipinski definition) is 0. The molecule has 0 aliphatic carbocycles. The molecule has 0 spiro atoms. The van der Waals surface area contributed by atoms with E-state index in [1.54, 1.807) is 0 Å². The molecule has 0 amide bonds. The minimum Gasteiger partial charge on any atom is -0.261 e. The van der Waals surface area contributed by atoms with E-state index in [4.69, 9.17) is 9.98 Å². The van der Waals surface area contributed by atoms with E-state index in [9.17, 15) is 0 Å². The summed E-state index contributed by atoms with van der Waals surface area (Å²) in [6.07, 6.45) is 6.29. The molecule has 0 saturated carbocycles. The zero-order valence-corrected chi connectivity index (χ0v) is 18.1. The van der Waals surface area contributed by atoms with E-state index in [1.165, 1.54) is 0 Å². The molecule has 29 heavy (non-hydrogen) atoms. The number of rotatable bonds is 5. The van der Waals surface area contributed by atoms with Gasteiger partial charge in [-0.1, -0.05) is 12.1 Å². The van der Waals surface area contributed by atoms with Gasteiger partial charge in [0.15, 0.2) is 0 Å². The molecule has 2 heterocycles. The Morgan fingerprint density at radius 2 is 1.48 bits per heavy atom. The Hall–Kier alpha value is -3.14. The molecule has 4 nitrogen and oxygen atoms in total. The zero-order chi connectivity index (χ0) is 21.0. The number of benzene rings is 1. The Kier molecular flexibility index (Phi) is 6.32. The van der Waals surface area contributed by atoms with Gasteiger partial charge in [-0.05, 0) is 87.6 Å². The molecule has 2 aromatic heterocycles. The molecule has 4 heteroatoms. The summed E-state index contributed by atoms with van der Waals surface area (Å²) >= 11 is 0. The SMILES string of the molecule is CC(=Nc1c(C)c(C)c(N=CCc2ccccn2)c(C)c1C)c1ncccc1C. The van der Waals surface area contributed by atoms with Crippen molar-refractivity contribution in [2.45, 2.75) is 48.0 Å². The highest BCUT2D eigenvalue weighted by atomic mass is 14.8. The quantitative estimate of drug-likeness (QED) is 0.499. The van der Waals surface area contributed by atoms with Gasteiger partial charge in [0.25, 0.3) is 0 Å². The Labute approximate surface area is 173 Å². The van der Waals surface area contributed by atoms with Crippen molar-refractivity contribution in [2.75, 3.05) is 0 Å². The normalized spacial score (nSPS) is 12.0. The van der Waals surface area contributed by atoms with Crippen molar-refractivity contribution in [3.8, 4) is 0 Å². The first-order chi connectivity index (χ1) is 13.9. The summed E-state index contributed by atoms with van der Waals surface area (Å²) in [7, 11) is 0. The predicted octanol–water partition coefficient (Wildman–Crippen LogP) is 6.10. The third-order valence-corrected chi connectivity index (χ3v) is 5.42. The Balaban J connectivity index is 1.98. The summed E-state index contributed by atoms with van der Waals surface area (Å²) in [5, 5.41) is 0. The summed E-state index contributed by atoms with van der Waals surface area (Å²) in [4.78, 5) is 18.6. The van der Waals surface area contributed by atoms with Crippen LogP contribution in [0.1, 0.15) is 46.1 Å². The van der Waals surface area contributed by atoms with Crippen LogP contribution in [0.2, 0.25) is 0 Å². The lowest BCUT2D eigenvalue weighted by Gasteiger charge is -2.16. The average molecular weight is 385 g/mol. The highest BCUT2D eigenvalue weighted by Gasteiger charge is 2.15. The van der Waals surface area contributed by atoms with Gasteiger partial charge >= 0.3 is 0 Å². The van der Waals surface area contributed by atoms with E-state index in [1.807, 2.05) is 49.8 Å². The molecule has 0 aliphatic heterocycles. The van der Waals surface area contributed by atoms with Crippen molar-refractivity contribution in [3.05, 3.63) is 81.9 Å². The number of aromatic nitrogens is 2. The molecule has 0 bridgehead atoms. The van der Waals surface area contributed by atoms with Crippen LogP contribution >= 0.6 is 0 Å². The minimum atomic E-state index is 0.718. The zero-order valence-electron chi connectivity index (χ0n) is 18.1. The van der Waals surface area contributed by atoms with Crippen LogP contribution in [-0.2, 0) is 6.42 Å². The molecular weight excluding hydrogens is 356 g/mol. The molecule has 0 saturated heterocycles. The summed E-state index contributed by atoms with van der Waals surface area (Å²) in [5.41, 5.74) is 10.7. The minimum absolute atomic E-state index is 0.718. The number of nitrogens with zero attached hydrogens (tertiary/aromatic N) is 4. The van der Waals surface area contributed by atoms with Gasteiger partial charge in [0.05, 0.1) is 22.8 Å². The molecular formula is C25H28N4. The maximum atomic E-state index is 4.97. The highest BCUT2D eigenvalue weighted by molar-refractivity contribution is 6.00. The first-order valence-corrected chi connectivity index (χ1v) is 9.90. The molecule has 3 aromatic rings. The molecule has 0 unspecified atom stereocenters. The topological polar surface area (TPSA) is 50.5 Å². The van der Waals surface area contributed by atoms with E-state index in [2.05, 4.69) is 50.7 Å². The van der Waals surface area contributed by atoms with E-state index in [-0.39, 0.29) is 0 Å². The lowest BCUT2D eigenvalue weighted by molar-refractivity contribution is 1.14. The van der Waals surface area contributed by atoms with Crippen molar-refractivity contribution in [2.24, 2.45) is 9.98 Å². The van der Waals surface area contributed by atoms with Crippen molar-refractivity contribution in [1.82, 2.24) is 9.97 Å². The molecule has 0 N–H and O–H groups in total. The van der Waals surface area contributed by atoms with E-state index in [0.717, 1.165) is 62.7 Å². The number of hydrogen-bond acceptors (Lipinski definition) is 4. The monoisotopic (exact) mass is 384 g/mol. The predicted molar refractivity (Wildman–Crippen MR) is 122 cm³/mol. The standard InChI is InChI=1S/C25H28N4/c1-16-10-9-14-27-23(16)21(6)29-25-19(4)17(2)24(18(3)20(25)5)28-15-12-22-11-7-8-13-26-22/h7-11,13-15H,12H2,1-6H3. The number of aryl methyl sites for hydroxylation is 1. The van der Waals surface area contributed by atoms with Gasteiger partial charge in [0, 0.05) is 30.7 Å². The van der Waals surface area contributed by atoms with E-state index in [0.29, 0.717) is 0 Å². The van der Waals surface area contributed by atoms with Gasteiger partial charge in [-0.25, -0.2) is 0 Å². The molecule has 3 rings (SSSR count). The van der Waals surface area contributed by atoms with E-state index >= 15 is 0 Å². The molecule has 0 aliphatic rings.